The van der Waals surface area contributed by atoms with Gasteiger partial charge in [-0.3, -0.25) is 10.1 Å². The number of halogens is 1. The third-order valence-electron chi connectivity index (χ3n) is 4.39. The van der Waals surface area contributed by atoms with E-state index in [1.165, 1.54) is 0 Å². The molecule has 7 heteroatoms. The number of hydrogen-bond donors (Lipinski definition) is 2. The van der Waals surface area contributed by atoms with Gasteiger partial charge in [-0.1, -0.05) is 0 Å². The SMILES string of the molecule is CCOC1CC2OC3NC(=O)NC(=O)C3CC2CC1F. The largest absolute Gasteiger partial charge is 0.375 e. The fourth-order valence-electron chi connectivity index (χ4n) is 3.44. The molecule has 0 bridgehead atoms. The molecule has 3 fully saturated rings. The summed E-state index contributed by atoms with van der Waals surface area (Å²) in [5.74, 6) is -0.756. The van der Waals surface area contributed by atoms with Gasteiger partial charge in [-0.2, -0.15) is 0 Å². The van der Waals surface area contributed by atoms with Gasteiger partial charge in [0.1, 0.15) is 12.4 Å². The quantitative estimate of drug-likeness (QED) is 0.784. The molecule has 6 unspecified atom stereocenters. The molecule has 3 rings (SSSR count). The first-order chi connectivity index (χ1) is 9.58. The summed E-state index contributed by atoms with van der Waals surface area (Å²) in [7, 11) is 0. The van der Waals surface area contributed by atoms with Crippen LogP contribution in [0.4, 0.5) is 9.18 Å². The summed E-state index contributed by atoms with van der Waals surface area (Å²) in [5, 5.41) is 4.84. The Morgan fingerprint density at radius 3 is 2.90 bits per heavy atom. The minimum Gasteiger partial charge on any atom is -0.375 e. The molecule has 0 aromatic heterocycles. The second-order valence-corrected chi connectivity index (χ2v) is 5.64. The molecule has 6 atom stereocenters. The Hall–Kier alpha value is -1.21. The molecule has 20 heavy (non-hydrogen) atoms. The van der Waals surface area contributed by atoms with Crippen LogP contribution in [0, 0.1) is 11.8 Å². The Labute approximate surface area is 116 Å². The van der Waals surface area contributed by atoms with Crippen molar-refractivity contribution in [1.82, 2.24) is 10.6 Å². The van der Waals surface area contributed by atoms with Crippen molar-refractivity contribution < 1.29 is 23.5 Å². The molecule has 2 heterocycles. The van der Waals surface area contributed by atoms with Crippen LogP contribution in [0.15, 0.2) is 0 Å². The van der Waals surface area contributed by atoms with E-state index in [0.29, 0.717) is 25.9 Å². The third kappa shape index (κ3) is 2.40. The molecule has 6 nitrogen and oxygen atoms in total. The number of rotatable bonds is 2. The van der Waals surface area contributed by atoms with E-state index in [1.54, 1.807) is 0 Å². The van der Waals surface area contributed by atoms with Crippen molar-refractivity contribution in [3.8, 4) is 0 Å². The Balaban J connectivity index is 1.71. The lowest BCUT2D eigenvalue weighted by Gasteiger charge is -2.47. The zero-order valence-corrected chi connectivity index (χ0v) is 11.3. The number of hydrogen-bond acceptors (Lipinski definition) is 4. The maximum Gasteiger partial charge on any atom is 0.323 e. The van der Waals surface area contributed by atoms with E-state index in [1.807, 2.05) is 6.92 Å². The van der Waals surface area contributed by atoms with Crippen LogP contribution in [-0.4, -0.2) is 43.2 Å². The number of carbonyl (C=O) groups is 2. The lowest BCUT2D eigenvalue weighted by atomic mass is 9.75. The van der Waals surface area contributed by atoms with Gasteiger partial charge in [0.2, 0.25) is 5.91 Å². The van der Waals surface area contributed by atoms with Gasteiger partial charge in [0, 0.05) is 13.0 Å². The predicted octanol–water partition coefficient (Wildman–Crippen LogP) is 0.710. The minimum absolute atomic E-state index is 0.00343. The van der Waals surface area contributed by atoms with Crippen LogP contribution in [-0.2, 0) is 14.3 Å². The van der Waals surface area contributed by atoms with E-state index in [0.717, 1.165) is 0 Å². The first kappa shape index (κ1) is 13.8. The number of imide groups is 1. The molecule has 2 N–H and O–H groups in total. The molecule has 2 saturated heterocycles. The van der Waals surface area contributed by atoms with Crippen LogP contribution in [0.2, 0.25) is 0 Å². The van der Waals surface area contributed by atoms with E-state index in [-0.39, 0.29) is 17.9 Å². The van der Waals surface area contributed by atoms with Crippen LogP contribution >= 0.6 is 0 Å². The van der Waals surface area contributed by atoms with E-state index in [4.69, 9.17) is 9.47 Å². The number of fused-ring (bicyclic) bond motifs is 2. The lowest BCUT2D eigenvalue weighted by Crippen LogP contribution is -2.64. The predicted molar refractivity (Wildman–Crippen MR) is 66.5 cm³/mol. The van der Waals surface area contributed by atoms with Gasteiger partial charge in [0.05, 0.1) is 18.1 Å². The highest BCUT2D eigenvalue weighted by Gasteiger charge is 2.49. The van der Waals surface area contributed by atoms with E-state index < -0.39 is 30.5 Å². The molecular formula is C13H19FN2O4. The number of nitrogens with one attached hydrogen (secondary N) is 2. The number of amides is 3. The molecule has 0 aromatic carbocycles. The van der Waals surface area contributed by atoms with Crippen molar-refractivity contribution >= 4 is 11.9 Å². The smallest absolute Gasteiger partial charge is 0.323 e. The summed E-state index contributed by atoms with van der Waals surface area (Å²) in [5.41, 5.74) is 0. The number of urea groups is 1. The zero-order valence-electron chi connectivity index (χ0n) is 11.3. The highest BCUT2D eigenvalue weighted by Crippen LogP contribution is 2.40. The Kier molecular flexibility index (Phi) is 3.64. The zero-order chi connectivity index (χ0) is 14.3. The summed E-state index contributed by atoms with van der Waals surface area (Å²) in [6.45, 7) is 2.30. The molecular weight excluding hydrogens is 267 g/mol. The Bertz CT molecular complexity index is 419. The van der Waals surface area contributed by atoms with E-state index in [2.05, 4.69) is 10.6 Å². The van der Waals surface area contributed by atoms with Gasteiger partial charge in [0.25, 0.3) is 0 Å². The second kappa shape index (κ2) is 5.29. The molecule has 1 saturated carbocycles. The monoisotopic (exact) mass is 286 g/mol. The van der Waals surface area contributed by atoms with Crippen LogP contribution in [0.3, 0.4) is 0 Å². The first-order valence-corrected chi connectivity index (χ1v) is 7.11. The maximum absolute atomic E-state index is 14.0. The van der Waals surface area contributed by atoms with Crippen LogP contribution in [0.25, 0.3) is 0 Å². The second-order valence-electron chi connectivity index (χ2n) is 5.64. The van der Waals surface area contributed by atoms with Crippen LogP contribution in [0.5, 0.6) is 0 Å². The van der Waals surface area contributed by atoms with E-state index in [9.17, 15) is 14.0 Å². The standard InChI is InChI=1S/C13H19FN2O4/c1-2-19-10-5-9-6(4-8(10)14)3-7-11(17)15-13(18)16-12(7)20-9/h6-10,12H,2-5H2,1H3,(H2,15,16,17,18). The lowest BCUT2D eigenvalue weighted by molar-refractivity contribution is -0.181. The third-order valence-corrected chi connectivity index (χ3v) is 4.39. The van der Waals surface area contributed by atoms with Crippen molar-refractivity contribution in [3.05, 3.63) is 0 Å². The van der Waals surface area contributed by atoms with Gasteiger partial charge in [0.15, 0.2) is 0 Å². The Morgan fingerprint density at radius 2 is 2.15 bits per heavy atom. The first-order valence-electron chi connectivity index (χ1n) is 7.11. The summed E-state index contributed by atoms with van der Waals surface area (Å²) >= 11 is 0. The van der Waals surface area contributed by atoms with Crippen molar-refractivity contribution in [2.75, 3.05) is 6.61 Å². The van der Waals surface area contributed by atoms with E-state index >= 15 is 0 Å². The van der Waals surface area contributed by atoms with Crippen molar-refractivity contribution in [1.29, 1.82) is 0 Å². The topological polar surface area (TPSA) is 76.7 Å². The fraction of sp³-hybridized carbons (Fsp3) is 0.846. The maximum atomic E-state index is 14.0. The van der Waals surface area contributed by atoms with Gasteiger partial charge in [-0.15, -0.1) is 0 Å². The van der Waals surface area contributed by atoms with Crippen molar-refractivity contribution in [2.24, 2.45) is 11.8 Å². The minimum atomic E-state index is -1.02. The molecule has 1 aliphatic carbocycles. The van der Waals surface area contributed by atoms with Gasteiger partial charge in [-0.05, 0) is 25.7 Å². The molecule has 2 aliphatic heterocycles. The van der Waals surface area contributed by atoms with Crippen LogP contribution in [0.1, 0.15) is 26.2 Å². The molecule has 0 aromatic rings. The highest BCUT2D eigenvalue weighted by atomic mass is 19.1. The molecule has 112 valence electrons. The summed E-state index contributed by atoms with van der Waals surface area (Å²) in [4.78, 5) is 23.1. The summed E-state index contributed by atoms with van der Waals surface area (Å²) in [6, 6.07) is -0.532. The highest BCUT2D eigenvalue weighted by molar-refractivity contribution is 5.98. The number of ether oxygens (including phenoxy) is 2. The summed E-state index contributed by atoms with van der Waals surface area (Å²) < 4.78 is 25.3. The number of carbonyl (C=O) groups excluding carboxylic acids is 2. The normalized spacial score (nSPS) is 44.1. The number of alkyl halides is 1. The average Bonchev–Trinajstić information content (AvgIpc) is 2.38. The van der Waals surface area contributed by atoms with Crippen molar-refractivity contribution in [3.63, 3.8) is 0 Å². The molecule has 0 radical (unpaired) electrons. The van der Waals surface area contributed by atoms with Crippen LogP contribution < -0.4 is 10.6 Å². The molecule has 0 spiro atoms. The summed E-state index contributed by atoms with van der Waals surface area (Å²) in [6.07, 6.45) is -0.869. The Morgan fingerprint density at radius 1 is 1.35 bits per heavy atom. The molecule has 3 aliphatic rings. The average molecular weight is 286 g/mol. The van der Waals surface area contributed by atoms with Crippen molar-refractivity contribution in [2.45, 2.75) is 50.8 Å². The van der Waals surface area contributed by atoms with Gasteiger partial charge < -0.3 is 14.8 Å². The fourth-order valence-corrected chi connectivity index (χ4v) is 3.44. The van der Waals surface area contributed by atoms with Gasteiger partial charge >= 0.3 is 6.03 Å². The molecule has 3 amide bonds. The van der Waals surface area contributed by atoms with Gasteiger partial charge in [-0.25, -0.2) is 9.18 Å².